The number of unbranched alkanes of at least 4 members (excludes halogenated alkanes) is 1. The topological polar surface area (TPSA) is 59.5 Å². The van der Waals surface area contributed by atoms with Crippen LogP contribution in [0.2, 0.25) is 0 Å². The van der Waals surface area contributed by atoms with Crippen LogP contribution in [0.25, 0.3) is 0 Å². The van der Waals surface area contributed by atoms with E-state index in [1.165, 1.54) is 13.8 Å². The average molecular weight is 278 g/mol. The molecule has 0 bridgehead atoms. The first-order valence-electron chi connectivity index (χ1n) is 6.77. The lowest BCUT2D eigenvalue weighted by Gasteiger charge is -2.21. The lowest BCUT2D eigenvalue weighted by atomic mass is 10.2. The Morgan fingerprint density at radius 3 is 2.45 bits per heavy atom. The molecule has 0 aromatic carbocycles. The van der Waals surface area contributed by atoms with Crippen molar-refractivity contribution in [1.29, 1.82) is 0 Å². The summed E-state index contributed by atoms with van der Waals surface area (Å²) in [5, 5.41) is 0. The number of carbonyl (C=O) groups is 2. The van der Waals surface area contributed by atoms with Gasteiger partial charge < -0.3 is 4.74 Å². The van der Waals surface area contributed by atoms with Crippen LogP contribution in [0.4, 0.5) is 5.82 Å². The quantitative estimate of drug-likeness (QED) is 0.592. The van der Waals surface area contributed by atoms with Gasteiger partial charge in [-0.3, -0.25) is 14.5 Å². The fourth-order valence-electron chi connectivity index (χ4n) is 1.98. The standard InChI is InChI=1S/C15H22N2O3/c1-11-9-12(2)16-15(10-11)17(13(3)18)7-5-6-8-20-14(4)19/h9-10H,5-8H2,1-4H3. The number of pyridine rings is 1. The maximum atomic E-state index is 11.7. The van der Waals surface area contributed by atoms with Crippen molar-refractivity contribution in [2.45, 2.75) is 40.5 Å². The van der Waals surface area contributed by atoms with E-state index in [2.05, 4.69) is 4.98 Å². The van der Waals surface area contributed by atoms with Gasteiger partial charge in [-0.05, 0) is 44.4 Å². The number of hydrogen-bond acceptors (Lipinski definition) is 4. The molecule has 0 aliphatic rings. The Labute approximate surface area is 119 Å². The second-order valence-electron chi connectivity index (χ2n) is 4.86. The summed E-state index contributed by atoms with van der Waals surface area (Å²) in [7, 11) is 0. The summed E-state index contributed by atoms with van der Waals surface area (Å²) in [6.07, 6.45) is 1.50. The van der Waals surface area contributed by atoms with Crippen molar-refractivity contribution >= 4 is 17.7 Å². The van der Waals surface area contributed by atoms with Crippen molar-refractivity contribution in [2.24, 2.45) is 0 Å². The van der Waals surface area contributed by atoms with Crippen molar-refractivity contribution in [3.63, 3.8) is 0 Å². The second-order valence-corrected chi connectivity index (χ2v) is 4.86. The molecule has 0 saturated heterocycles. The molecule has 1 amide bonds. The zero-order valence-electron chi connectivity index (χ0n) is 12.6. The Hall–Kier alpha value is -1.91. The zero-order valence-corrected chi connectivity index (χ0v) is 12.6. The number of aromatic nitrogens is 1. The summed E-state index contributed by atoms with van der Waals surface area (Å²) >= 11 is 0. The molecule has 0 spiro atoms. The van der Waals surface area contributed by atoms with Crippen LogP contribution in [-0.4, -0.2) is 30.0 Å². The van der Waals surface area contributed by atoms with Crippen LogP contribution >= 0.6 is 0 Å². The molecule has 0 aliphatic carbocycles. The van der Waals surface area contributed by atoms with E-state index in [1.54, 1.807) is 4.90 Å². The summed E-state index contributed by atoms with van der Waals surface area (Å²) in [6.45, 7) is 7.79. The Morgan fingerprint density at radius 2 is 1.90 bits per heavy atom. The molecular formula is C15H22N2O3. The Morgan fingerprint density at radius 1 is 1.20 bits per heavy atom. The second kappa shape index (κ2) is 7.62. The number of ether oxygens (including phenoxy) is 1. The Balaban J connectivity index is 2.60. The minimum atomic E-state index is -0.274. The van der Waals surface area contributed by atoms with Gasteiger partial charge in [0.25, 0.3) is 0 Å². The first-order valence-corrected chi connectivity index (χ1v) is 6.77. The van der Waals surface area contributed by atoms with Crippen molar-refractivity contribution in [3.05, 3.63) is 23.4 Å². The van der Waals surface area contributed by atoms with Crippen molar-refractivity contribution in [2.75, 3.05) is 18.1 Å². The van der Waals surface area contributed by atoms with Gasteiger partial charge >= 0.3 is 5.97 Å². The van der Waals surface area contributed by atoms with Crippen LogP contribution in [0.15, 0.2) is 12.1 Å². The molecule has 0 saturated carbocycles. The molecule has 0 aliphatic heterocycles. The largest absolute Gasteiger partial charge is 0.466 e. The third-order valence-corrected chi connectivity index (χ3v) is 2.82. The Bertz CT molecular complexity index is 466. The number of amides is 1. The molecule has 20 heavy (non-hydrogen) atoms. The summed E-state index contributed by atoms with van der Waals surface area (Å²) in [6, 6.07) is 3.88. The first kappa shape index (κ1) is 16.1. The molecule has 1 aromatic rings. The molecule has 1 aromatic heterocycles. The summed E-state index contributed by atoms with van der Waals surface area (Å²) in [5.41, 5.74) is 1.98. The molecule has 0 atom stereocenters. The predicted octanol–water partition coefficient (Wildman–Crippen LogP) is 2.39. The van der Waals surface area contributed by atoms with Gasteiger partial charge in [-0.25, -0.2) is 4.98 Å². The highest BCUT2D eigenvalue weighted by atomic mass is 16.5. The number of anilines is 1. The molecule has 1 heterocycles. The predicted molar refractivity (Wildman–Crippen MR) is 77.6 cm³/mol. The third kappa shape index (κ3) is 5.38. The van der Waals surface area contributed by atoms with E-state index >= 15 is 0 Å². The zero-order chi connectivity index (χ0) is 15.1. The summed E-state index contributed by atoms with van der Waals surface area (Å²) in [5.74, 6) is 0.377. The van der Waals surface area contributed by atoms with Gasteiger partial charge in [0.05, 0.1) is 6.61 Å². The highest BCUT2D eigenvalue weighted by Crippen LogP contribution is 2.15. The highest BCUT2D eigenvalue weighted by Gasteiger charge is 2.13. The minimum Gasteiger partial charge on any atom is -0.466 e. The van der Waals surface area contributed by atoms with Crippen LogP contribution in [0, 0.1) is 13.8 Å². The molecule has 0 radical (unpaired) electrons. The van der Waals surface area contributed by atoms with Crippen LogP contribution in [-0.2, 0) is 14.3 Å². The van der Waals surface area contributed by atoms with Gasteiger partial charge in [0.1, 0.15) is 5.82 Å². The number of nitrogens with zero attached hydrogens (tertiary/aromatic N) is 2. The van der Waals surface area contributed by atoms with Gasteiger partial charge in [-0.1, -0.05) is 0 Å². The number of aryl methyl sites for hydroxylation is 2. The van der Waals surface area contributed by atoms with Crippen molar-refractivity contribution in [1.82, 2.24) is 4.98 Å². The molecule has 0 unspecified atom stereocenters. The van der Waals surface area contributed by atoms with Crippen LogP contribution < -0.4 is 4.90 Å². The number of rotatable bonds is 6. The number of hydrogen-bond donors (Lipinski definition) is 0. The summed E-state index contributed by atoms with van der Waals surface area (Å²) < 4.78 is 4.87. The fourth-order valence-corrected chi connectivity index (χ4v) is 1.98. The van der Waals surface area contributed by atoms with Crippen LogP contribution in [0.3, 0.4) is 0 Å². The molecule has 5 nitrogen and oxygen atoms in total. The first-order chi connectivity index (χ1) is 9.40. The monoisotopic (exact) mass is 278 g/mol. The average Bonchev–Trinajstić information content (AvgIpc) is 2.31. The fraction of sp³-hybridized carbons (Fsp3) is 0.533. The number of carbonyl (C=O) groups excluding carboxylic acids is 2. The molecular weight excluding hydrogens is 256 g/mol. The van der Waals surface area contributed by atoms with E-state index in [1.807, 2.05) is 26.0 Å². The SMILES string of the molecule is CC(=O)OCCCCN(C(C)=O)c1cc(C)cc(C)n1. The maximum absolute atomic E-state index is 11.7. The van der Waals surface area contributed by atoms with E-state index in [-0.39, 0.29) is 11.9 Å². The maximum Gasteiger partial charge on any atom is 0.302 e. The van der Waals surface area contributed by atoms with E-state index in [0.717, 1.165) is 24.1 Å². The summed E-state index contributed by atoms with van der Waals surface area (Å²) in [4.78, 5) is 28.5. The minimum absolute atomic E-state index is 0.0324. The van der Waals surface area contributed by atoms with Crippen molar-refractivity contribution in [3.8, 4) is 0 Å². The van der Waals surface area contributed by atoms with Gasteiger partial charge in [-0.15, -0.1) is 0 Å². The molecule has 0 fully saturated rings. The van der Waals surface area contributed by atoms with Crippen LogP contribution in [0.1, 0.15) is 37.9 Å². The van der Waals surface area contributed by atoms with Gasteiger partial charge in [-0.2, -0.15) is 0 Å². The van der Waals surface area contributed by atoms with Gasteiger partial charge in [0.2, 0.25) is 5.91 Å². The molecule has 0 N–H and O–H groups in total. The third-order valence-electron chi connectivity index (χ3n) is 2.82. The lowest BCUT2D eigenvalue weighted by molar-refractivity contribution is -0.141. The Kier molecular flexibility index (Phi) is 6.15. The van der Waals surface area contributed by atoms with E-state index < -0.39 is 0 Å². The van der Waals surface area contributed by atoms with Crippen molar-refractivity contribution < 1.29 is 14.3 Å². The van der Waals surface area contributed by atoms with Crippen LogP contribution in [0.5, 0.6) is 0 Å². The highest BCUT2D eigenvalue weighted by molar-refractivity contribution is 5.90. The molecule has 5 heteroatoms. The van der Waals surface area contributed by atoms with Gasteiger partial charge in [0, 0.05) is 26.1 Å². The molecule has 1 rings (SSSR count). The lowest BCUT2D eigenvalue weighted by Crippen LogP contribution is -2.30. The number of esters is 1. The normalized spacial score (nSPS) is 10.2. The van der Waals surface area contributed by atoms with E-state index in [9.17, 15) is 9.59 Å². The van der Waals surface area contributed by atoms with E-state index in [0.29, 0.717) is 19.0 Å². The van der Waals surface area contributed by atoms with E-state index in [4.69, 9.17) is 4.74 Å². The molecule has 110 valence electrons. The van der Waals surface area contributed by atoms with Gasteiger partial charge in [0.15, 0.2) is 0 Å². The smallest absolute Gasteiger partial charge is 0.302 e.